The molecule has 84 valence electrons. The minimum Gasteiger partial charge on any atom is -0.354 e. The van der Waals surface area contributed by atoms with Crippen molar-refractivity contribution < 1.29 is 0 Å². The number of hydrogen-bond donors (Lipinski definition) is 0. The second kappa shape index (κ2) is 6.40. The van der Waals surface area contributed by atoms with E-state index in [9.17, 15) is 0 Å². The maximum absolute atomic E-state index is 4.33. The fourth-order valence-electron chi connectivity index (χ4n) is 1.58. The van der Waals surface area contributed by atoms with Crippen LogP contribution in [0.3, 0.4) is 0 Å². The quantitative estimate of drug-likeness (QED) is 0.700. The smallest absolute Gasteiger partial charge is 0.128 e. The molecule has 1 aromatic rings. The lowest BCUT2D eigenvalue weighted by molar-refractivity contribution is 0.312. The van der Waals surface area contributed by atoms with Crippen molar-refractivity contribution in [2.24, 2.45) is 0 Å². The first kappa shape index (κ1) is 12.0. The van der Waals surface area contributed by atoms with Crippen LogP contribution < -0.4 is 4.90 Å². The number of pyridine rings is 1. The summed E-state index contributed by atoms with van der Waals surface area (Å²) in [6.45, 7) is 8.45. The molecule has 15 heavy (non-hydrogen) atoms. The summed E-state index contributed by atoms with van der Waals surface area (Å²) in [7, 11) is 2.16. The molecule has 0 N–H and O–H groups in total. The molecule has 1 fully saturated rings. The predicted molar refractivity (Wildman–Crippen MR) is 65.3 cm³/mol. The molecule has 3 nitrogen and oxygen atoms in total. The minimum absolute atomic E-state index is 1.09. The van der Waals surface area contributed by atoms with Gasteiger partial charge in [0.1, 0.15) is 5.82 Å². The SMILES string of the molecule is CC.CN1CCN(c2ccccn2)CC1. The van der Waals surface area contributed by atoms with Gasteiger partial charge in [-0.2, -0.15) is 0 Å². The Bertz CT molecular complexity index is 253. The Labute approximate surface area is 92.7 Å². The molecule has 0 aliphatic carbocycles. The third-order valence-corrected chi connectivity index (χ3v) is 2.48. The highest BCUT2D eigenvalue weighted by Gasteiger charge is 2.14. The Morgan fingerprint density at radius 3 is 2.27 bits per heavy atom. The van der Waals surface area contributed by atoms with E-state index in [1.165, 1.54) is 0 Å². The number of anilines is 1. The van der Waals surface area contributed by atoms with E-state index in [4.69, 9.17) is 0 Å². The maximum atomic E-state index is 4.33. The molecule has 0 atom stereocenters. The molecule has 0 bridgehead atoms. The highest BCUT2D eigenvalue weighted by molar-refractivity contribution is 5.38. The topological polar surface area (TPSA) is 19.4 Å². The van der Waals surface area contributed by atoms with E-state index < -0.39 is 0 Å². The van der Waals surface area contributed by atoms with Gasteiger partial charge in [-0.3, -0.25) is 0 Å². The number of nitrogens with zero attached hydrogens (tertiary/aromatic N) is 3. The van der Waals surface area contributed by atoms with Crippen LogP contribution in [0.1, 0.15) is 13.8 Å². The van der Waals surface area contributed by atoms with Gasteiger partial charge in [0.15, 0.2) is 0 Å². The predicted octanol–water partition coefficient (Wildman–Crippen LogP) is 1.86. The normalized spacial score (nSPS) is 16.9. The van der Waals surface area contributed by atoms with Crippen LogP contribution >= 0.6 is 0 Å². The third-order valence-electron chi connectivity index (χ3n) is 2.48. The molecule has 0 aromatic carbocycles. The van der Waals surface area contributed by atoms with Crippen LogP contribution in [-0.4, -0.2) is 43.1 Å². The molecule has 1 aromatic heterocycles. The Morgan fingerprint density at radius 1 is 1.07 bits per heavy atom. The van der Waals surface area contributed by atoms with Gasteiger partial charge in [0.2, 0.25) is 0 Å². The van der Waals surface area contributed by atoms with E-state index >= 15 is 0 Å². The average Bonchev–Trinajstić information content (AvgIpc) is 2.34. The first-order valence-corrected chi connectivity index (χ1v) is 5.71. The summed E-state index contributed by atoms with van der Waals surface area (Å²) in [6, 6.07) is 6.07. The molecule has 1 aliphatic heterocycles. The molecule has 0 radical (unpaired) electrons. The van der Waals surface area contributed by atoms with E-state index in [1.54, 1.807) is 0 Å². The van der Waals surface area contributed by atoms with Gasteiger partial charge in [-0.15, -0.1) is 0 Å². The van der Waals surface area contributed by atoms with Gasteiger partial charge >= 0.3 is 0 Å². The Balaban J connectivity index is 0.000000531. The Hall–Kier alpha value is -1.09. The van der Waals surface area contributed by atoms with Gasteiger partial charge in [0.05, 0.1) is 0 Å². The van der Waals surface area contributed by atoms with Crippen molar-refractivity contribution in [3.8, 4) is 0 Å². The zero-order valence-corrected chi connectivity index (χ0v) is 9.98. The lowest BCUT2D eigenvalue weighted by Gasteiger charge is -2.33. The van der Waals surface area contributed by atoms with Crippen molar-refractivity contribution in [1.82, 2.24) is 9.88 Å². The Kier molecular flexibility index (Phi) is 5.12. The van der Waals surface area contributed by atoms with Gasteiger partial charge in [0, 0.05) is 32.4 Å². The second-order valence-electron chi connectivity index (χ2n) is 3.48. The molecule has 2 rings (SSSR count). The van der Waals surface area contributed by atoms with Crippen LogP contribution in [0.4, 0.5) is 5.82 Å². The van der Waals surface area contributed by atoms with Gasteiger partial charge < -0.3 is 9.80 Å². The summed E-state index contributed by atoms with van der Waals surface area (Å²) in [5.74, 6) is 1.11. The van der Waals surface area contributed by atoms with Crippen molar-refractivity contribution in [2.45, 2.75) is 13.8 Å². The number of rotatable bonds is 1. The Morgan fingerprint density at radius 2 is 1.73 bits per heavy atom. The summed E-state index contributed by atoms with van der Waals surface area (Å²) < 4.78 is 0. The number of likely N-dealkylation sites (N-methyl/N-ethyl adjacent to an activating group) is 1. The highest BCUT2D eigenvalue weighted by atomic mass is 15.3. The van der Waals surface area contributed by atoms with Crippen LogP contribution in [0, 0.1) is 0 Å². The van der Waals surface area contributed by atoms with Crippen molar-refractivity contribution in [3.63, 3.8) is 0 Å². The van der Waals surface area contributed by atoms with Crippen LogP contribution in [0.25, 0.3) is 0 Å². The van der Waals surface area contributed by atoms with E-state index in [0.717, 1.165) is 32.0 Å². The molecule has 3 heteroatoms. The number of aromatic nitrogens is 1. The standard InChI is InChI=1S/C10H15N3.C2H6/c1-12-6-8-13(9-7-12)10-4-2-3-5-11-10;1-2/h2-5H,6-9H2,1H3;1-2H3. The number of piperazine rings is 1. The lowest BCUT2D eigenvalue weighted by Crippen LogP contribution is -2.44. The molecule has 0 spiro atoms. The largest absolute Gasteiger partial charge is 0.354 e. The summed E-state index contributed by atoms with van der Waals surface area (Å²) in [4.78, 5) is 9.01. The minimum atomic E-state index is 1.09. The van der Waals surface area contributed by atoms with E-state index in [1.807, 2.05) is 32.2 Å². The first-order chi connectivity index (χ1) is 7.36. The van der Waals surface area contributed by atoms with Gasteiger partial charge in [-0.05, 0) is 19.2 Å². The summed E-state index contributed by atoms with van der Waals surface area (Å²) in [6.07, 6.45) is 1.85. The molecular weight excluding hydrogens is 186 g/mol. The van der Waals surface area contributed by atoms with Crippen LogP contribution in [0.5, 0.6) is 0 Å². The molecule has 0 unspecified atom stereocenters. The van der Waals surface area contributed by atoms with E-state index in [2.05, 4.69) is 27.9 Å². The maximum Gasteiger partial charge on any atom is 0.128 e. The molecule has 0 saturated carbocycles. The van der Waals surface area contributed by atoms with Crippen molar-refractivity contribution >= 4 is 5.82 Å². The van der Waals surface area contributed by atoms with Crippen molar-refractivity contribution in [3.05, 3.63) is 24.4 Å². The summed E-state index contributed by atoms with van der Waals surface area (Å²) >= 11 is 0. The average molecular weight is 207 g/mol. The third kappa shape index (κ3) is 3.51. The van der Waals surface area contributed by atoms with Gasteiger partial charge in [0.25, 0.3) is 0 Å². The molecule has 1 saturated heterocycles. The van der Waals surface area contributed by atoms with Crippen molar-refractivity contribution in [2.75, 3.05) is 38.1 Å². The molecule has 1 aliphatic rings. The fourth-order valence-corrected chi connectivity index (χ4v) is 1.58. The molecular formula is C12H21N3. The summed E-state index contributed by atoms with van der Waals surface area (Å²) in [5, 5.41) is 0. The second-order valence-corrected chi connectivity index (χ2v) is 3.48. The summed E-state index contributed by atoms with van der Waals surface area (Å²) in [5.41, 5.74) is 0. The van der Waals surface area contributed by atoms with E-state index in [-0.39, 0.29) is 0 Å². The molecule has 2 heterocycles. The highest BCUT2D eigenvalue weighted by Crippen LogP contribution is 2.11. The van der Waals surface area contributed by atoms with Gasteiger partial charge in [-0.1, -0.05) is 19.9 Å². The van der Waals surface area contributed by atoms with Gasteiger partial charge in [-0.25, -0.2) is 4.98 Å². The van der Waals surface area contributed by atoms with Crippen LogP contribution in [0.15, 0.2) is 24.4 Å². The fraction of sp³-hybridized carbons (Fsp3) is 0.583. The van der Waals surface area contributed by atoms with Crippen molar-refractivity contribution in [1.29, 1.82) is 0 Å². The number of hydrogen-bond acceptors (Lipinski definition) is 3. The zero-order chi connectivity index (χ0) is 11.1. The monoisotopic (exact) mass is 207 g/mol. The zero-order valence-electron chi connectivity index (χ0n) is 9.98. The first-order valence-electron chi connectivity index (χ1n) is 5.71. The van der Waals surface area contributed by atoms with Crippen LogP contribution in [0.2, 0.25) is 0 Å². The molecule has 0 amide bonds. The van der Waals surface area contributed by atoms with E-state index in [0.29, 0.717) is 0 Å². The lowest BCUT2D eigenvalue weighted by atomic mass is 10.3. The van der Waals surface area contributed by atoms with Crippen LogP contribution in [-0.2, 0) is 0 Å².